The first-order chi connectivity index (χ1) is 12.9. The van der Waals surface area contributed by atoms with Crippen molar-refractivity contribution in [3.63, 3.8) is 0 Å². The second kappa shape index (κ2) is 5.75. The van der Waals surface area contributed by atoms with Crippen molar-refractivity contribution in [1.29, 1.82) is 0 Å². The molecule has 2 aliphatic heterocycles. The van der Waals surface area contributed by atoms with Crippen LogP contribution >= 0.6 is 0 Å². The highest BCUT2D eigenvalue weighted by atomic mass is 19.4. The van der Waals surface area contributed by atoms with Crippen LogP contribution in [-0.4, -0.2) is 78.9 Å². The fourth-order valence-corrected chi connectivity index (χ4v) is 4.44. The van der Waals surface area contributed by atoms with Crippen molar-refractivity contribution in [2.75, 3.05) is 33.2 Å². The van der Waals surface area contributed by atoms with E-state index in [4.69, 9.17) is 0 Å². The molecule has 0 spiro atoms. The van der Waals surface area contributed by atoms with E-state index in [9.17, 15) is 18.0 Å². The number of aromatic nitrogens is 6. The SMILES string of the molecule is Cc1nc(C(=O)N2CC3(C)CN(C)CC3(C)C2)nn1-c1n[nH]c(C(F)(F)F)n1. The molecular formula is C16H21F3N8O. The number of aryl methyl sites for hydroxylation is 1. The third kappa shape index (κ3) is 2.77. The van der Waals surface area contributed by atoms with Gasteiger partial charge in [-0.05, 0) is 14.0 Å². The standard InChI is InChI=1S/C16H21F3N8O/c1-9-20-10(24-27(9)13-21-12(22-23-13)16(17,18)19)11(28)26-7-14(2)5-25(4)6-15(14,3)8-26/h5-8H2,1-4H3,(H,21,22,23). The average molecular weight is 398 g/mol. The lowest BCUT2D eigenvalue weighted by atomic mass is 9.71. The van der Waals surface area contributed by atoms with Crippen LogP contribution in [0.4, 0.5) is 13.2 Å². The van der Waals surface area contributed by atoms with Gasteiger partial charge in [-0.2, -0.15) is 22.8 Å². The lowest BCUT2D eigenvalue weighted by Gasteiger charge is -2.30. The zero-order valence-corrected chi connectivity index (χ0v) is 16.0. The van der Waals surface area contributed by atoms with E-state index < -0.39 is 12.0 Å². The van der Waals surface area contributed by atoms with Crippen molar-refractivity contribution in [3.05, 3.63) is 17.5 Å². The molecule has 12 heteroatoms. The minimum atomic E-state index is -4.65. The zero-order chi connectivity index (χ0) is 20.5. The van der Waals surface area contributed by atoms with Gasteiger partial charge in [-0.25, -0.2) is 4.98 Å². The zero-order valence-electron chi connectivity index (χ0n) is 16.0. The third-order valence-corrected chi connectivity index (χ3v) is 5.95. The summed E-state index contributed by atoms with van der Waals surface area (Å²) < 4.78 is 39.2. The van der Waals surface area contributed by atoms with Crippen molar-refractivity contribution < 1.29 is 18.0 Å². The van der Waals surface area contributed by atoms with Gasteiger partial charge in [-0.1, -0.05) is 13.8 Å². The van der Waals surface area contributed by atoms with Gasteiger partial charge < -0.3 is 9.80 Å². The molecule has 1 amide bonds. The van der Waals surface area contributed by atoms with Crippen molar-refractivity contribution >= 4 is 5.91 Å². The summed E-state index contributed by atoms with van der Waals surface area (Å²) in [7, 11) is 2.07. The van der Waals surface area contributed by atoms with Crippen LogP contribution in [0.2, 0.25) is 0 Å². The molecule has 2 atom stereocenters. The highest BCUT2D eigenvalue weighted by Crippen LogP contribution is 2.51. The minimum Gasteiger partial charge on any atom is -0.335 e. The van der Waals surface area contributed by atoms with Crippen LogP contribution in [0.3, 0.4) is 0 Å². The molecule has 0 bridgehead atoms. The second-order valence-electron chi connectivity index (χ2n) is 8.33. The number of H-pyrrole nitrogens is 1. The molecule has 2 aliphatic rings. The number of nitrogens with one attached hydrogen (secondary N) is 1. The Bertz CT molecular complexity index is 917. The van der Waals surface area contributed by atoms with Crippen LogP contribution in [0.15, 0.2) is 0 Å². The molecule has 2 aromatic heterocycles. The van der Waals surface area contributed by atoms with Crippen LogP contribution in [0.25, 0.3) is 5.95 Å². The van der Waals surface area contributed by atoms with Gasteiger partial charge in [0.25, 0.3) is 11.9 Å². The normalized spacial score (nSPS) is 28.2. The van der Waals surface area contributed by atoms with Crippen LogP contribution in [-0.2, 0) is 6.18 Å². The van der Waals surface area contributed by atoms with E-state index in [1.165, 1.54) is 6.92 Å². The Morgan fingerprint density at radius 3 is 2.25 bits per heavy atom. The topological polar surface area (TPSA) is 95.8 Å². The highest BCUT2D eigenvalue weighted by Gasteiger charge is 2.57. The first kappa shape index (κ1) is 18.8. The third-order valence-electron chi connectivity index (χ3n) is 5.95. The molecule has 28 heavy (non-hydrogen) atoms. The number of carbonyl (C=O) groups is 1. The summed E-state index contributed by atoms with van der Waals surface area (Å²) in [6, 6.07) is 0. The number of rotatable bonds is 2. The minimum absolute atomic E-state index is 0.0274. The molecule has 2 fully saturated rings. The summed E-state index contributed by atoms with van der Waals surface area (Å²) >= 11 is 0. The highest BCUT2D eigenvalue weighted by molar-refractivity contribution is 5.90. The molecule has 0 radical (unpaired) electrons. The number of nitrogens with zero attached hydrogens (tertiary/aromatic N) is 7. The Morgan fingerprint density at radius 2 is 1.71 bits per heavy atom. The lowest BCUT2D eigenvalue weighted by molar-refractivity contribution is -0.144. The molecule has 0 aliphatic carbocycles. The summed E-state index contributed by atoms with van der Waals surface area (Å²) in [6.07, 6.45) is -4.65. The second-order valence-corrected chi connectivity index (χ2v) is 8.33. The van der Waals surface area contributed by atoms with Crippen molar-refractivity contribution in [1.82, 2.24) is 39.7 Å². The molecular weight excluding hydrogens is 377 g/mol. The molecule has 4 heterocycles. The van der Waals surface area contributed by atoms with Gasteiger partial charge in [-0.3, -0.25) is 9.89 Å². The summed E-state index contributed by atoms with van der Waals surface area (Å²) in [5.41, 5.74) is -0.0548. The molecule has 9 nitrogen and oxygen atoms in total. The summed E-state index contributed by atoms with van der Waals surface area (Å²) in [6.45, 7) is 8.83. The van der Waals surface area contributed by atoms with E-state index in [-0.39, 0.29) is 34.3 Å². The molecule has 2 saturated heterocycles. The van der Waals surface area contributed by atoms with Gasteiger partial charge in [0.1, 0.15) is 5.82 Å². The number of alkyl halides is 3. The smallest absolute Gasteiger partial charge is 0.335 e. The number of carbonyl (C=O) groups excluding carboxylic acids is 1. The van der Waals surface area contributed by atoms with Gasteiger partial charge in [0.05, 0.1) is 0 Å². The van der Waals surface area contributed by atoms with Gasteiger partial charge in [0.15, 0.2) is 0 Å². The number of hydrogen-bond donors (Lipinski definition) is 1. The fourth-order valence-electron chi connectivity index (χ4n) is 4.44. The molecule has 1 N–H and O–H groups in total. The largest absolute Gasteiger partial charge is 0.451 e. The number of likely N-dealkylation sites (tertiary alicyclic amines) is 2. The Hall–Kier alpha value is -2.50. The first-order valence-electron chi connectivity index (χ1n) is 8.83. The van der Waals surface area contributed by atoms with Gasteiger partial charge in [-0.15, -0.1) is 10.2 Å². The summed E-state index contributed by atoms with van der Waals surface area (Å²) in [5.74, 6) is -1.73. The van der Waals surface area contributed by atoms with Crippen LogP contribution in [0, 0.1) is 17.8 Å². The fraction of sp³-hybridized carbons (Fsp3) is 0.688. The van der Waals surface area contributed by atoms with Gasteiger partial charge in [0.2, 0.25) is 11.6 Å². The number of fused-ring (bicyclic) bond motifs is 1. The number of hydrogen-bond acceptors (Lipinski definition) is 6. The monoisotopic (exact) mass is 398 g/mol. The van der Waals surface area contributed by atoms with E-state index in [1.54, 1.807) is 4.90 Å². The van der Waals surface area contributed by atoms with Crippen LogP contribution < -0.4 is 0 Å². The lowest BCUT2D eigenvalue weighted by Crippen LogP contribution is -2.35. The van der Waals surface area contributed by atoms with E-state index in [2.05, 4.69) is 46.0 Å². The van der Waals surface area contributed by atoms with E-state index in [1.807, 2.05) is 5.10 Å². The number of aromatic amines is 1. The predicted molar refractivity (Wildman–Crippen MR) is 90.7 cm³/mol. The van der Waals surface area contributed by atoms with Gasteiger partial charge in [0, 0.05) is 37.0 Å². The van der Waals surface area contributed by atoms with Gasteiger partial charge >= 0.3 is 6.18 Å². The van der Waals surface area contributed by atoms with Crippen LogP contribution in [0.5, 0.6) is 0 Å². The maximum absolute atomic E-state index is 13.0. The Morgan fingerprint density at radius 1 is 1.11 bits per heavy atom. The maximum atomic E-state index is 13.0. The Kier molecular flexibility index (Phi) is 3.87. The Labute approximate surface area is 158 Å². The molecule has 0 aromatic carbocycles. The quantitative estimate of drug-likeness (QED) is 0.815. The van der Waals surface area contributed by atoms with Crippen molar-refractivity contribution in [2.45, 2.75) is 26.9 Å². The summed E-state index contributed by atoms with van der Waals surface area (Å²) in [5, 5.41) is 9.43. The van der Waals surface area contributed by atoms with Crippen molar-refractivity contribution in [2.24, 2.45) is 10.8 Å². The first-order valence-corrected chi connectivity index (χ1v) is 8.83. The number of halogens is 3. The molecule has 0 saturated carbocycles. The van der Waals surface area contributed by atoms with E-state index in [0.717, 1.165) is 17.8 Å². The number of amides is 1. The van der Waals surface area contributed by atoms with E-state index >= 15 is 0 Å². The van der Waals surface area contributed by atoms with Crippen molar-refractivity contribution in [3.8, 4) is 5.95 Å². The molecule has 4 rings (SSSR count). The average Bonchev–Trinajstić information content (AvgIpc) is 3.26. The maximum Gasteiger partial charge on any atom is 0.451 e. The van der Waals surface area contributed by atoms with E-state index in [0.29, 0.717) is 13.1 Å². The Balaban J connectivity index is 1.58. The van der Waals surface area contributed by atoms with Crippen LogP contribution in [0.1, 0.15) is 36.1 Å². The molecule has 2 aromatic rings. The summed E-state index contributed by atoms with van der Waals surface area (Å²) in [4.78, 5) is 24.5. The molecule has 2 unspecified atom stereocenters. The predicted octanol–water partition coefficient (Wildman–Crippen LogP) is 1.13. The molecule has 152 valence electrons.